The molecule has 3 heteroatoms. The Morgan fingerprint density at radius 1 is 1.20 bits per heavy atom. The monoisotopic (exact) mass is 351 g/mol. The first-order valence-corrected chi connectivity index (χ1v) is 10.6. The normalized spacial score (nSPS) is 22.8. The molecule has 3 aromatic heterocycles. The zero-order chi connectivity index (χ0) is 17.0. The third kappa shape index (κ3) is 2.47. The van der Waals surface area contributed by atoms with Gasteiger partial charge in [-0.2, -0.15) is 0 Å². The Balaban J connectivity index is 1.81. The predicted molar refractivity (Wildman–Crippen MR) is 104 cm³/mol. The molecule has 0 amide bonds. The Labute approximate surface area is 153 Å². The van der Waals surface area contributed by atoms with Gasteiger partial charge in [0.15, 0.2) is 0 Å². The Morgan fingerprint density at radius 2 is 2.12 bits per heavy atom. The van der Waals surface area contributed by atoms with Gasteiger partial charge in [0.1, 0.15) is 10.6 Å². The number of nitrogens with zero attached hydrogens (tertiary/aromatic N) is 1. The van der Waals surface area contributed by atoms with Gasteiger partial charge in [-0.25, -0.2) is 4.98 Å². The van der Waals surface area contributed by atoms with Crippen LogP contribution in [0.4, 0.5) is 0 Å². The average molecular weight is 352 g/mol. The van der Waals surface area contributed by atoms with Crippen molar-refractivity contribution in [3.63, 3.8) is 0 Å². The van der Waals surface area contributed by atoms with Crippen LogP contribution >= 0.6 is 11.3 Å². The maximum atomic E-state index is 5.92. The van der Waals surface area contributed by atoms with Crippen LogP contribution in [0, 0.1) is 11.8 Å². The van der Waals surface area contributed by atoms with E-state index >= 15 is 0 Å². The molecule has 2 atom stereocenters. The molecule has 130 valence electrons. The molecular formula is C22H25NOS. The summed E-state index contributed by atoms with van der Waals surface area (Å²) in [5, 5.41) is 1.41. The van der Waals surface area contributed by atoms with Crippen molar-refractivity contribution in [2.24, 2.45) is 11.8 Å². The van der Waals surface area contributed by atoms with Crippen molar-refractivity contribution < 1.29 is 4.42 Å². The van der Waals surface area contributed by atoms with Gasteiger partial charge in [-0.1, -0.05) is 20.3 Å². The molecule has 2 nitrogen and oxygen atoms in total. The number of aromatic nitrogens is 1. The third-order valence-corrected chi connectivity index (χ3v) is 7.41. The van der Waals surface area contributed by atoms with Crippen LogP contribution < -0.4 is 0 Å². The summed E-state index contributed by atoms with van der Waals surface area (Å²) in [6.07, 6.45) is 10.3. The van der Waals surface area contributed by atoms with Gasteiger partial charge in [0.2, 0.25) is 0 Å². The predicted octanol–water partition coefficient (Wildman–Crippen LogP) is 6.20. The minimum Gasteiger partial charge on any atom is -0.464 e. The fraction of sp³-hybridized carbons (Fsp3) is 0.500. The second-order valence-corrected chi connectivity index (χ2v) is 9.02. The van der Waals surface area contributed by atoms with E-state index in [1.165, 1.54) is 59.1 Å². The second-order valence-electron chi connectivity index (χ2n) is 7.94. The summed E-state index contributed by atoms with van der Waals surface area (Å²) in [6, 6.07) is 4.16. The number of hydrogen-bond donors (Lipinski definition) is 0. The number of thiophene rings is 1. The van der Waals surface area contributed by atoms with Crippen LogP contribution in [0.25, 0.3) is 21.5 Å². The van der Waals surface area contributed by atoms with Crippen LogP contribution in [0.2, 0.25) is 0 Å². The standard InChI is InChI=1S/C22H25NOS/c1-3-14-7-9-17-16(12-14)20(18-5-4-10-24-18)21-15-8-6-13(2)11-19(15)25-22(21)23-17/h4-5,10,13-14H,3,6-9,11-12H2,1-2H3/t13-,14-/m0/s1. The van der Waals surface area contributed by atoms with Gasteiger partial charge in [-0.15, -0.1) is 11.3 Å². The average Bonchev–Trinajstić information content (AvgIpc) is 3.26. The van der Waals surface area contributed by atoms with Crippen LogP contribution in [0.15, 0.2) is 22.8 Å². The number of pyridine rings is 1. The SMILES string of the molecule is CC[C@H]1CCc2nc3sc4c(c3c(-c3ccco3)c2C1)CC[C@H](C)C4. The fourth-order valence-electron chi connectivity index (χ4n) is 4.76. The Hall–Kier alpha value is -1.61. The summed E-state index contributed by atoms with van der Waals surface area (Å²) in [4.78, 5) is 7.98. The lowest BCUT2D eigenvalue weighted by atomic mass is 9.80. The number of fused-ring (bicyclic) bond motifs is 4. The number of hydrogen-bond acceptors (Lipinski definition) is 3. The molecule has 0 radical (unpaired) electrons. The Kier molecular flexibility index (Phi) is 3.74. The van der Waals surface area contributed by atoms with Crippen LogP contribution in [0.3, 0.4) is 0 Å². The van der Waals surface area contributed by atoms with Gasteiger partial charge < -0.3 is 4.42 Å². The highest BCUT2D eigenvalue weighted by molar-refractivity contribution is 7.19. The van der Waals surface area contributed by atoms with E-state index in [0.29, 0.717) is 0 Å². The maximum absolute atomic E-state index is 5.92. The van der Waals surface area contributed by atoms with E-state index in [9.17, 15) is 0 Å². The second kappa shape index (κ2) is 5.98. The lowest BCUT2D eigenvalue weighted by Crippen LogP contribution is -2.16. The molecular weight excluding hydrogens is 326 g/mol. The quantitative estimate of drug-likeness (QED) is 0.549. The molecule has 25 heavy (non-hydrogen) atoms. The molecule has 3 heterocycles. The van der Waals surface area contributed by atoms with E-state index in [-0.39, 0.29) is 0 Å². The first kappa shape index (κ1) is 15.6. The molecule has 0 saturated heterocycles. The van der Waals surface area contributed by atoms with E-state index in [0.717, 1.165) is 30.4 Å². The number of aryl methyl sites for hydroxylation is 2. The molecule has 0 fully saturated rings. The molecule has 5 rings (SSSR count). The molecule has 0 unspecified atom stereocenters. The molecule has 0 spiro atoms. The largest absolute Gasteiger partial charge is 0.464 e. The molecule has 0 aromatic carbocycles. The first-order valence-electron chi connectivity index (χ1n) is 9.74. The van der Waals surface area contributed by atoms with Gasteiger partial charge in [0.05, 0.1) is 6.26 Å². The van der Waals surface area contributed by atoms with Gasteiger partial charge in [-0.05, 0) is 73.6 Å². The lowest BCUT2D eigenvalue weighted by molar-refractivity contribution is 0.440. The number of rotatable bonds is 2. The van der Waals surface area contributed by atoms with Gasteiger partial charge >= 0.3 is 0 Å². The topological polar surface area (TPSA) is 26.0 Å². The van der Waals surface area contributed by atoms with Crippen LogP contribution in [-0.2, 0) is 25.7 Å². The molecule has 0 aliphatic heterocycles. The Morgan fingerprint density at radius 3 is 2.92 bits per heavy atom. The van der Waals surface area contributed by atoms with E-state index in [2.05, 4.69) is 19.9 Å². The number of furan rings is 1. The van der Waals surface area contributed by atoms with Gasteiger partial charge in [0.25, 0.3) is 0 Å². The van der Waals surface area contributed by atoms with Crippen LogP contribution in [-0.4, -0.2) is 4.98 Å². The summed E-state index contributed by atoms with van der Waals surface area (Å²) in [7, 11) is 0. The summed E-state index contributed by atoms with van der Waals surface area (Å²) in [6.45, 7) is 4.70. The highest BCUT2D eigenvalue weighted by atomic mass is 32.1. The first-order chi connectivity index (χ1) is 12.2. The lowest BCUT2D eigenvalue weighted by Gasteiger charge is -2.25. The van der Waals surface area contributed by atoms with Crippen molar-refractivity contribution in [1.82, 2.24) is 4.98 Å². The summed E-state index contributed by atoms with van der Waals surface area (Å²) >= 11 is 1.94. The van der Waals surface area contributed by atoms with Crippen molar-refractivity contribution in [3.8, 4) is 11.3 Å². The molecule has 3 aromatic rings. The van der Waals surface area contributed by atoms with Crippen molar-refractivity contribution in [2.45, 2.75) is 58.8 Å². The summed E-state index contributed by atoms with van der Waals surface area (Å²) in [5.74, 6) is 2.63. The molecule has 0 N–H and O–H groups in total. The highest BCUT2D eigenvalue weighted by Crippen LogP contribution is 2.46. The Bertz CT molecular complexity index is 922. The summed E-state index contributed by atoms with van der Waals surface area (Å²) in [5.41, 5.74) is 5.74. The van der Waals surface area contributed by atoms with Crippen LogP contribution in [0.1, 0.15) is 54.8 Å². The minimum atomic E-state index is 0.787. The maximum Gasteiger partial charge on any atom is 0.134 e. The van der Waals surface area contributed by atoms with Gasteiger partial charge in [0, 0.05) is 21.5 Å². The fourth-order valence-corrected chi connectivity index (χ4v) is 6.17. The highest BCUT2D eigenvalue weighted by Gasteiger charge is 2.29. The summed E-state index contributed by atoms with van der Waals surface area (Å²) < 4.78 is 5.92. The van der Waals surface area contributed by atoms with Gasteiger partial charge in [-0.3, -0.25) is 0 Å². The minimum absolute atomic E-state index is 0.787. The van der Waals surface area contributed by atoms with E-state index in [1.54, 1.807) is 10.4 Å². The van der Waals surface area contributed by atoms with Crippen molar-refractivity contribution in [2.75, 3.05) is 0 Å². The molecule has 0 saturated carbocycles. The molecule has 2 aliphatic rings. The molecule has 2 aliphatic carbocycles. The van der Waals surface area contributed by atoms with Crippen molar-refractivity contribution in [3.05, 3.63) is 40.1 Å². The van der Waals surface area contributed by atoms with Crippen molar-refractivity contribution >= 4 is 21.6 Å². The van der Waals surface area contributed by atoms with E-state index < -0.39 is 0 Å². The molecule has 0 bridgehead atoms. The smallest absolute Gasteiger partial charge is 0.134 e. The van der Waals surface area contributed by atoms with E-state index in [4.69, 9.17) is 9.40 Å². The van der Waals surface area contributed by atoms with E-state index in [1.807, 2.05) is 23.7 Å². The zero-order valence-corrected chi connectivity index (χ0v) is 15.9. The van der Waals surface area contributed by atoms with Crippen molar-refractivity contribution in [1.29, 1.82) is 0 Å². The van der Waals surface area contributed by atoms with Crippen LogP contribution in [0.5, 0.6) is 0 Å². The third-order valence-electron chi connectivity index (χ3n) is 6.26. The zero-order valence-electron chi connectivity index (χ0n) is 15.1.